The molecule has 0 bridgehead atoms. The highest BCUT2D eigenvalue weighted by Gasteiger charge is 2.50. The summed E-state index contributed by atoms with van der Waals surface area (Å²) in [4.78, 5) is 4.30. The van der Waals surface area contributed by atoms with Crippen LogP contribution < -0.4 is 5.73 Å². The maximum Gasteiger partial charge on any atom is 0.252 e. The Bertz CT molecular complexity index is 1280. The minimum atomic E-state index is -3.88. The average Bonchev–Trinajstić information content (AvgIpc) is 3.33. The summed E-state index contributed by atoms with van der Waals surface area (Å²) in [5, 5.41) is 2.78. The Morgan fingerprint density at radius 1 is 1.32 bits per heavy atom. The first-order valence-corrected chi connectivity index (χ1v) is 12.8. The zero-order valence-electron chi connectivity index (χ0n) is 17.3. The van der Waals surface area contributed by atoms with Gasteiger partial charge in [-0.1, -0.05) is 30.4 Å². The van der Waals surface area contributed by atoms with Crippen molar-refractivity contribution in [2.45, 2.75) is 44.1 Å². The van der Waals surface area contributed by atoms with Gasteiger partial charge in [-0.3, -0.25) is 0 Å². The van der Waals surface area contributed by atoms with Gasteiger partial charge < -0.3 is 10.5 Å². The average molecular weight is 456 g/mol. The van der Waals surface area contributed by atoms with E-state index in [0.29, 0.717) is 29.3 Å². The number of nitrogens with two attached hydrogens (primary N) is 1. The maximum atomic E-state index is 14.3. The molecule has 5 rings (SSSR count). The third kappa shape index (κ3) is 3.33. The second kappa shape index (κ2) is 7.62. The molecule has 2 aliphatic rings. The van der Waals surface area contributed by atoms with Crippen molar-refractivity contribution in [3.8, 4) is 0 Å². The molecule has 1 atom stereocenters. The topological polar surface area (TPSA) is 87.2 Å². The lowest BCUT2D eigenvalue weighted by molar-refractivity contribution is 0.166. The Kier molecular flexibility index (Phi) is 5.03. The fraction of sp³-hybridized carbons (Fsp3) is 0.348. The van der Waals surface area contributed by atoms with Gasteiger partial charge in [-0.05, 0) is 49.8 Å². The van der Waals surface area contributed by atoms with Gasteiger partial charge in [0.05, 0.1) is 16.7 Å². The van der Waals surface area contributed by atoms with Crippen LogP contribution in [-0.2, 0) is 27.9 Å². The summed E-state index contributed by atoms with van der Waals surface area (Å²) in [6.07, 6.45) is 6.46. The summed E-state index contributed by atoms with van der Waals surface area (Å²) < 4.78 is 35.0. The minimum absolute atomic E-state index is 0.133. The molecular formula is C23H25N3O3S2. The van der Waals surface area contributed by atoms with E-state index in [2.05, 4.69) is 4.98 Å². The van der Waals surface area contributed by atoms with Gasteiger partial charge >= 0.3 is 0 Å². The second-order valence-electron chi connectivity index (χ2n) is 8.33. The van der Waals surface area contributed by atoms with Crippen LogP contribution in [0.2, 0.25) is 0 Å². The second-order valence-corrected chi connectivity index (χ2v) is 11.3. The smallest absolute Gasteiger partial charge is 0.252 e. The van der Waals surface area contributed by atoms with E-state index in [9.17, 15) is 8.42 Å². The SMILES string of the molecule is CC1(S(=O)(=O)n2c(CN)cc3ccccc32)CC=CC(C2CC2)=C1OCc1cscn1. The van der Waals surface area contributed by atoms with E-state index >= 15 is 0 Å². The van der Waals surface area contributed by atoms with E-state index in [1.165, 1.54) is 15.3 Å². The lowest BCUT2D eigenvalue weighted by atomic mass is 9.92. The molecule has 31 heavy (non-hydrogen) atoms. The minimum Gasteiger partial charge on any atom is -0.490 e. The number of ether oxygens (including phenoxy) is 1. The molecule has 1 fully saturated rings. The van der Waals surface area contributed by atoms with Crippen LogP contribution in [-0.4, -0.2) is 22.1 Å². The van der Waals surface area contributed by atoms with Crippen LogP contribution in [0.15, 0.2) is 64.7 Å². The number of para-hydroxylation sites is 1. The fourth-order valence-electron chi connectivity index (χ4n) is 4.33. The Morgan fingerprint density at radius 3 is 2.84 bits per heavy atom. The van der Waals surface area contributed by atoms with E-state index in [1.807, 2.05) is 47.9 Å². The van der Waals surface area contributed by atoms with Crippen molar-refractivity contribution in [3.05, 3.63) is 76.1 Å². The van der Waals surface area contributed by atoms with Crippen molar-refractivity contribution < 1.29 is 13.2 Å². The first-order valence-electron chi connectivity index (χ1n) is 10.4. The van der Waals surface area contributed by atoms with Gasteiger partial charge in [-0.25, -0.2) is 17.4 Å². The summed E-state index contributed by atoms with van der Waals surface area (Å²) in [6.45, 7) is 2.16. The highest BCUT2D eigenvalue weighted by atomic mass is 32.2. The number of fused-ring (bicyclic) bond motifs is 1. The summed E-state index contributed by atoms with van der Waals surface area (Å²) in [5.41, 5.74) is 10.7. The quantitative estimate of drug-likeness (QED) is 0.573. The molecule has 1 aromatic carbocycles. The van der Waals surface area contributed by atoms with E-state index in [0.717, 1.165) is 29.5 Å². The monoisotopic (exact) mass is 455 g/mol. The molecule has 1 unspecified atom stereocenters. The first kappa shape index (κ1) is 20.5. The van der Waals surface area contributed by atoms with Crippen molar-refractivity contribution >= 4 is 32.3 Å². The number of thiazole rings is 1. The normalized spacial score (nSPS) is 21.7. The lowest BCUT2D eigenvalue weighted by Crippen LogP contribution is -2.44. The van der Waals surface area contributed by atoms with Crippen LogP contribution in [0.4, 0.5) is 0 Å². The molecule has 2 heterocycles. The third-order valence-corrected chi connectivity index (χ3v) is 9.21. The largest absolute Gasteiger partial charge is 0.490 e. The molecule has 0 saturated heterocycles. The molecule has 0 spiro atoms. The Balaban J connectivity index is 1.65. The van der Waals surface area contributed by atoms with Gasteiger partial charge in [0.25, 0.3) is 10.0 Å². The number of benzene rings is 1. The zero-order chi connectivity index (χ0) is 21.6. The Hall–Kier alpha value is -2.42. The zero-order valence-corrected chi connectivity index (χ0v) is 19.0. The molecule has 6 nitrogen and oxygen atoms in total. The Labute approximate surface area is 186 Å². The lowest BCUT2D eigenvalue weighted by Gasteiger charge is -2.35. The number of rotatable bonds is 7. The predicted octanol–water partition coefficient (Wildman–Crippen LogP) is 4.33. The number of allylic oxidation sites excluding steroid dienone is 3. The molecule has 1 saturated carbocycles. The summed E-state index contributed by atoms with van der Waals surface area (Å²) in [6, 6.07) is 9.35. The standard InChI is InChI=1S/C23H25N3O3S2/c1-23(31(27,28)26-19(12-24)11-17-5-2-3-7-21(17)26)10-4-6-20(16-8-9-16)22(23)29-13-18-14-30-15-25-18/h2-7,11,14-16H,8-10,12-13,24H2,1H3. The fourth-order valence-corrected chi connectivity index (χ4v) is 6.85. The van der Waals surface area contributed by atoms with Crippen molar-refractivity contribution in [2.24, 2.45) is 11.7 Å². The van der Waals surface area contributed by atoms with Crippen LogP contribution in [0.25, 0.3) is 10.9 Å². The molecule has 2 N–H and O–H groups in total. The van der Waals surface area contributed by atoms with Gasteiger partial charge in [0.15, 0.2) is 0 Å². The van der Waals surface area contributed by atoms with Crippen LogP contribution in [0.1, 0.15) is 37.6 Å². The van der Waals surface area contributed by atoms with Gasteiger partial charge in [-0.15, -0.1) is 11.3 Å². The number of hydrogen-bond acceptors (Lipinski definition) is 6. The molecule has 3 aromatic rings. The molecule has 0 radical (unpaired) electrons. The van der Waals surface area contributed by atoms with E-state index in [-0.39, 0.29) is 13.2 Å². The number of nitrogens with zero attached hydrogens (tertiary/aromatic N) is 2. The van der Waals surface area contributed by atoms with Crippen molar-refractivity contribution in [1.29, 1.82) is 0 Å². The predicted molar refractivity (Wildman–Crippen MR) is 123 cm³/mol. The van der Waals surface area contributed by atoms with Gasteiger partial charge in [0.2, 0.25) is 0 Å². The van der Waals surface area contributed by atoms with Crippen molar-refractivity contribution in [1.82, 2.24) is 8.96 Å². The first-order chi connectivity index (χ1) is 15.0. The molecule has 162 valence electrons. The third-order valence-electron chi connectivity index (χ3n) is 6.17. The van der Waals surface area contributed by atoms with Gasteiger partial charge in [-0.2, -0.15) is 0 Å². The van der Waals surface area contributed by atoms with Crippen molar-refractivity contribution in [3.63, 3.8) is 0 Å². The Morgan fingerprint density at radius 2 is 2.13 bits per heavy atom. The summed E-state index contributed by atoms with van der Waals surface area (Å²) in [7, 11) is -3.88. The van der Waals surface area contributed by atoms with Gasteiger partial charge in [0, 0.05) is 23.0 Å². The maximum absolute atomic E-state index is 14.3. The molecule has 8 heteroatoms. The molecular weight excluding hydrogens is 430 g/mol. The van der Waals surface area contributed by atoms with Crippen LogP contribution in [0, 0.1) is 5.92 Å². The van der Waals surface area contributed by atoms with E-state index < -0.39 is 14.8 Å². The van der Waals surface area contributed by atoms with Crippen LogP contribution in [0.3, 0.4) is 0 Å². The van der Waals surface area contributed by atoms with Crippen LogP contribution >= 0.6 is 11.3 Å². The van der Waals surface area contributed by atoms with Gasteiger partial charge in [0.1, 0.15) is 17.1 Å². The number of hydrogen-bond donors (Lipinski definition) is 1. The van der Waals surface area contributed by atoms with E-state index in [1.54, 1.807) is 12.4 Å². The highest BCUT2D eigenvalue weighted by molar-refractivity contribution is 7.91. The molecule has 0 aliphatic heterocycles. The molecule has 0 amide bonds. The number of aromatic nitrogens is 2. The molecule has 2 aromatic heterocycles. The molecule has 2 aliphatic carbocycles. The summed E-state index contributed by atoms with van der Waals surface area (Å²) in [5.74, 6) is 0.901. The summed E-state index contributed by atoms with van der Waals surface area (Å²) >= 11 is 1.50. The highest BCUT2D eigenvalue weighted by Crippen LogP contribution is 2.47. The van der Waals surface area contributed by atoms with E-state index in [4.69, 9.17) is 10.5 Å². The van der Waals surface area contributed by atoms with Crippen molar-refractivity contribution in [2.75, 3.05) is 0 Å². The van der Waals surface area contributed by atoms with Crippen LogP contribution in [0.5, 0.6) is 0 Å².